The van der Waals surface area contributed by atoms with Crippen molar-refractivity contribution in [3.05, 3.63) is 28.0 Å². The molecule has 0 aliphatic heterocycles. The zero-order chi connectivity index (χ0) is 12.3. The van der Waals surface area contributed by atoms with E-state index in [1.165, 1.54) is 0 Å². The van der Waals surface area contributed by atoms with E-state index in [-0.39, 0.29) is 6.04 Å². The zero-order valence-electron chi connectivity index (χ0n) is 9.92. The molecule has 0 aliphatic rings. The Hall–Kier alpha value is -1.31. The van der Waals surface area contributed by atoms with Crippen LogP contribution in [0.15, 0.2) is 11.6 Å². The van der Waals surface area contributed by atoms with Gasteiger partial charge in [0, 0.05) is 11.9 Å². The number of nitrogens with two attached hydrogens (primary N) is 1. The van der Waals surface area contributed by atoms with Gasteiger partial charge in [0.2, 0.25) is 0 Å². The molecule has 0 spiro atoms. The number of nitrogens with one attached hydrogen (secondary N) is 1. The van der Waals surface area contributed by atoms with E-state index in [9.17, 15) is 0 Å². The molecule has 0 aromatic carbocycles. The number of hydrazine groups is 1. The lowest BCUT2D eigenvalue weighted by molar-refractivity contribution is 0.507. The van der Waals surface area contributed by atoms with Crippen LogP contribution < -0.4 is 11.3 Å². The van der Waals surface area contributed by atoms with E-state index >= 15 is 0 Å². The van der Waals surface area contributed by atoms with Gasteiger partial charge in [-0.25, -0.2) is 15.1 Å². The topological polar surface area (TPSA) is 81.7 Å². The molecule has 2 aromatic heterocycles. The van der Waals surface area contributed by atoms with Crippen LogP contribution in [0.1, 0.15) is 35.8 Å². The van der Waals surface area contributed by atoms with Gasteiger partial charge in [0.15, 0.2) is 0 Å². The molecule has 0 saturated heterocycles. The van der Waals surface area contributed by atoms with E-state index in [0.29, 0.717) is 0 Å². The predicted octanol–water partition coefficient (Wildman–Crippen LogP) is 1.01. The van der Waals surface area contributed by atoms with Crippen LogP contribution in [0.3, 0.4) is 0 Å². The van der Waals surface area contributed by atoms with Crippen molar-refractivity contribution >= 4 is 11.3 Å². The summed E-state index contributed by atoms with van der Waals surface area (Å²) in [4.78, 5) is 4.45. The van der Waals surface area contributed by atoms with Crippen LogP contribution >= 0.6 is 11.3 Å². The Kier molecular flexibility index (Phi) is 3.82. The molecule has 2 aromatic rings. The molecule has 2 rings (SSSR count). The van der Waals surface area contributed by atoms with Crippen molar-refractivity contribution in [3.8, 4) is 0 Å². The highest BCUT2D eigenvalue weighted by Gasteiger charge is 2.19. The van der Waals surface area contributed by atoms with Crippen LogP contribution in [-0.2, 0) is 6.54 Å². The second kappa shape index (κ2) is 5.35. The van der Waals surface area contributed by atoms with Crippen LogP contribution in [0.5, 0.6) is 0 Å². The van der Waals surface area contributed by atoms with Crippen molar-refractivity contribution in [2.24, 2.45) is 5.84 Å². The summed E-state index contributed by atoms with van der Waals surface area (Å²) in [7, 11) is 0. The molecular formula is C10H16N6S. The smallest absolute Gasteiger partial charge is 0.107 e. The molecule has 1 unspecified atom stereocenters. The minimum absolute atomic E-state index is 0.151. The maximum Gasteiger partial charge on any atom is 0.107 e. The van der Waals surface area contributed by atoms with Gasteiger partial charge in [-0.2, -0.15) is 0 Å². The summed E-state index contributed by atoms with van der Waals surface area (Å²) in [6, 6.07) is -0.151. The van der Waals surface area contributed by atoms with Crippen molar-refractivity contribution in [2.45, 2.75) is 32.9 Å². The first-order valence-corrected chi connectivity index (χ1v) is 6.40. The number of nitrogens with zero attached hydrogens (tertiary/aromatic N) is 4. The molecule has 7 heteroatoms. The van der Waals surface area contributed by atoms with Gasteiger partial charge in [-0.15, -0.1) is 16.4 Å². The van der Waals surface area contributed by atoms with E-state index in [2.05, 4.69) is 27.6 Å². The van der Waals surface area contributed by atoms with Crippen molar-refractivity contribution < 1.29 is 0 Å². The van der Waals surface area contributed by atoms with Gasteiger partial charge >= 0.3 is 0 Å². The lowest BCUT2D eigenvalue weighted by Gasteiger charge is -2.14. The average Bonchev–Trinajstić information content (AvgIpc) is 2.91. The quantitative estimate of drug-likeness (QED) is 0.613. The molecule has 3 N–H and O–H groups in total. The number of hydrogen-bond donors (Lipinski definition) is 2. The van der Waals surface area contributed by atoms with Gasteiger partial charge in [0.05, 0.1) is 22.6 Å². The minimum Gasteiger partial charge on any atom is -0.270 e. The Morgan fingerprint density at radius 2 is 2.41 bits per heavy atom. The standard InChI is InChI=1S/C10H16N6S/c1-3-4-16-9(5-12-15-16)10(14-11)8-6-17-7(2)13-8/h5-6,10,14H,3-4,11H2,1-2H3. The first-order chi connectivity index (χ1) is 8.26. The molecule has 92 valence electrons. The van der Waals surface area contributed by atoms with Crippen LogP contribution in [0.25, 0.3) is 0 Å². The second-order valence-corrected chi connectivity index (χ2v) is 4.84. The van der Waals surface area contributed by atoms with Crippen LogP contribution in [0, 0.1) is 6.92 Å². The molecule has 6 nitrogen and oxygen atoms in total. The van der Waals surface area contributed by atoms with Crippen LogP contribution in [0.4, 0.5) is 0 Å². The number of hydrogen-bond acceptors (Lipinski definition) is 6. The van der Waals surface area contributed by atoms with E-state index < -0.39 is 0 Å². The van der Waals surface area contributed by atoms with Gasteiger partial charge in [-0.3, -0.25) is 5.84 Å². The van der Waals surface area contributed by atoms with E-state index in [1.54, 1.807) is 17.5 Å². The Morgan fingerprint density at radius 1 is 1.59 bits per heavy atom. The van der Waals surface area contributed by atoms with E-state index in [4.69, 9.17) is 5.84 Å². The largest absolute Gasteiger partial charge is 0.270 e. The predicted molar refractivity (Wildman–Crippen MR) is 66.3 cm³/mol. The fourth-order valence-corrected chi connectivity index (χ4v) is 2.35. The minimum atomic E-state index is -0.151. The zero-order valence-corrected chi connectivity index (χ0v) is 10.7. The van der Waals surface area contributed by atoms with Crippen molar-refractivity contribution in [3.63, 3.8) is 0 Å². The summed E-state index contributed by atoms with van der Waals surface area (Å²) >= 11 is 1.61. The van der Waals surface area contributed by atoms with Gasteiger partial charge in [-0.05, 0) is 13.3 Å². The molecule has 0 fully saturated rings. The lowest BCUT2D eigenvalue weighted by atomic mass is 10.2. The molecule has 0 saturated carbocycles. The third-order valence-electron chi connectivity index (χ3n) is 2.48. The summed E-state index contributed by atoms with van der Waals surface area (Å²) in [5, 5.41) is 11.0. The Labute approximate surface area is 104 Å². The first kappa shape index (κ1) is 12.2. The Bertz CT molecular complexity index is 477. The molecule has 1 atom stereocenters. The molecular weight excluding hydrogens is 236 g/mol. The van der Waals surface area contributed by atoms with Crippen molar-refractivity contribution in [2.75, 3.05) is 0 Å². The highest BCUT2D eigenvalue weighted by atomic mass is 32.1. The summed E-state index contributed by atoms with van der Waals surface area (Å²) in [6.45, 7) is 4.91. The first-order valence-electron chi connectivity index (χ1n) is 5.52. The second-order valence-electron chi connectivity index (χ2n) is 3.77. The Balaban J connectivity index is 2.31. The molecule has 0 amide bonds. The van der Waals surface area contributed by atoms with Crippen LogP contribution in [-0.4, -0.2) is 20.0 Å². The van der Waals surface area contributed by atoms with Gasteiger partial charge < -0.3 is 0 Å². The lowest BCUT2D eigenvalue weighted by Crippen LogP contribution is -2.31. The third-order valence-corrected chi connectivity index (χ3v) is 3.27. The highest BCUT2D eigenvalue weighted by molar-refractivity contribution is 7.09. The highest BCUT2D eigenvalue weighted by Crippen LogP contribution is 2.22. The number of rotatable bonds is 5. The number of aryl methyl sites for hydroxylation is 2. The molecule has 17 heavy (non-hydrogen) atoms. The van der Waals surface area contributed by atoms with Crippen molar-refractivity contribution in [1.29, 1.82) is 0 Å². The summed E-state index contributed by atoms with van der Waals surface area (Å²) < 4.78 is 1.86. The van der Waals surface area contributed by atoms with Gasteiger partial charge in [0.25, 0.3) is 0 Å². The summed E-state index contributed by atoms with van der Waals surface area (Å²) in [5.74, 6) is 5.62. The van der Waals surface area contributed by atoms with Gasteiger partial charge in [0.1, 0.15) is 6.04 Å². The van der Waals surface area contributed by atoms with Gasteiger partial charge in [-0.1, -0.05) is 12.1 Å². The number of thiazole rings is 1. The normalized spacial score (nSPS) is 12.9. The summed E-state index contributed by atoms with van der Waals surface area (Å²) in [5.41, 5.74) is 4.63. The Morgan fingerprint density at radius 3 is 3.00 bits per heavy atom. The number of aromatic nitrogens is 4. The molecule has 2 heterocycles. The molecule has 0 aliphatic carbocycles. The summed E-state index contributed by atoms with van der Waals surface area (Å²) in [6.07, 6.45) is 2.73. The SMILES string of the molecule is CCCn1nncc1C(NN)c1csc(C)n1. The molecule has 0 radical (unpaired) electrons. The van der Waals surface area contributed by atoms with Crippen LogP contribution in [0.2, 0.25) is 0 Å². The molecule has 0 bridgehead atoms. The maximum atomic E-state index is 5.62. The average molecular weight is 252 g/mol. The fraction of sp³-hybridized carbons (Fsp3) is 0.500. The maximum absolute atomic E-state index is 5.62. The third kappa shape index (κ3) is 2.51. The monoisotopic (exact) mass is 252 g/mol. The van der Waals surface area contributed by atoms with E-state index in [0.717, 1.165) is 29.4 Å². The van der Waals surface area contributed by atoms with Crippen molar-refractivity contribution in [1.82, 2.24) is 25.4 Å². The fourth-order valence-electron chi connectivity index (χ4n) is 1.71. The van der Waals surface area contributed by atoms with E-state index in [1.807, 2.05) is 17.0 Å².